The molecule has 0 radical (unpaired) electrons. The summed E-state index contributed by atoms with van der Waals surface area (Å²) in [7, 11) is 0. The molecule has 0 saturated carbocycles. The van der Waals surface area contributed by atoms with E-state index in [0.29, 0.717) is 21.2 Å². The van der Waals surface area contributed by atoms with E-state index in [2.05, 4.69) is 60.7 Å². The molecule has 0 aliphatic heterocycles. The lowest BCUT2D eigenvalue weighted by atomic mass is 10.0. The molecule has 0 unspecified atom stereocenters. The van der Waals surface area contributed by atoms with Gasteiger partial charge in [0, 0.05) is 0 Å². The summed E-state index contributed by atoms with van der Waals surface area (Å²) in [5, 5.41) is 18.9. The van der Waals surface area contributed by atoms with Crippen LogP contribution in [0.1, 0.15) is 33.4 Å². The molecule has 2 nitrogen and oxygen atoms in total. The predicted molar refractivity (Wildman–Crippen MR) is 142 cm³/mol. The van der Waals surface area contributed by atoms with E-state index >= 15 is 0 Å². The number of rotatable bonds is 5. The second-order valence-electron chi connectivity index (χ2n) is 7.61. The fourth-order valence-electron chi connectivity index (χ4n) is 3.41. The first-order valence-electron chi connectivity index (χ1n) is 10.5. The zero-order valence-electron chi connectivity index (χ0n) is 18.0. The van der Waals surface area contributed by atoms with E-state index in [4.69, 9.17) is 33.7 Å². The number of benzene rings is 4. The summed E-state index contributed by atoms with van der Waals surface area (Å²) >= 11 is 12.2. The van der Waals surface area contributed by atoms with E-state index in [1.807, 2.05) is 36.4 Å². The van der Waals surface area contributed by atoms with E-state index in [0.717, 1.165) is 33.4 Å². The van der Waals surface area contributed by atoms with Crippen LogP contribution in [0.2, 0.25) is 10.0 Å². The van der Waals surface area contributed by atoms with E-state index in [1.54, 1.807) is 24.3 Å². The summed E-state index contributed by atoms with van der Waals surface area (Å²) in [5.74, 6) is 0. The Morgan fingerprint density at radius 2 is 0.794 bits per heavy atom. The number of nitrogens with zero attached hydrogens (tertiary/aromatic N) is 2. The Bertz CT molecular complexity index is 1350. The summed E-state index contributed by atoms with van der Waals surface area (Å²) in [5.41, 5.74) is 7.25. The minimum atomic E-state index is 0.457. The second-order valence-corrected chi connectivity index (χ2v) is 8.43. The summed E-state index contributed by atoms with van der Waals surface area (Å²) in [6, 6.07) is 31.6. The van der Waals surface area contributed by atoms with Crippen molar-refractivity contribution in [3.05, 3.63) is 128 Å². The monoisotopic (exact) mass is 476 g/mol. The van der Waals surface area contributed by atoms with Crippen LogP contribution >= 0.6 is 23.2 Å². The maximum atomic E-state index is 8.98. The minimum absolute atomic E-state index is 0.457. The van der Waals surface area contributed by atoms with Gasteiger partial charge in [-0.3, -0.25) is 0 Å². The lowest BCUT2D eigenvalue weighted by molar-refractivity contribution is 1.48. The molecular formula is C30H18Cl2N2. The van der Waals surface area contributed by atoms with Crippen LogP contribution in [0.5, 0.6) is 0 Å². The zero-order chi connectivity index (χ0) is 23.9. The first-order valence-corrected chi connectivity index (χ1v) is 11.3. The first-order chi connectivity index (χ1) is 16.6. The third kappa shape index (κ3) is 5.64. The van der Waals surface area contributed by atoms with Crippen molar-refractivity contribution >= 4 is 47.5 Å². The Balaban J connectivity index is 1.43. The molecule has 4 heteroatoms. The third-order valence-electron chi connectivity index (χ3n) is 5.32. The van der Waals surface area contributed by atoms with Gasteiger partial charge >= 0.3 is 0 Å². The summed E-state index contributed by atoms with van der Waals surface area (Å²) < 4.78 is 0. The van der Waals surface area contributed by atoms with Gasteiger partial charge in [-0.1, -0.05) is 108 Å². The molecule has 0 saturated heterocycles. The predicted octanol–water partition coefficient (Wildman–Crippen LogP) is 8.74. The van der Waals surface area contributed by atoms with Gasteiger partial charge in [-0.2, -0.15) is 10.5 Å². The highest BCUT2D eigenvalue weighted by atomic mass is 35.5. The molecular weight excluding hydrogens is 459 g/mol. The van der Waals surface area contributed by atoms with Gasteiger partial charge in [0.05, 0.1) is 21.2 Å². The molecule has 0 N–H and O–H groups in total. The molecule has 34 heavy (non-hydrogen) atoms. The summed E-state index contributed by atoms with van der Waals surface area (Å²) in [6.45, 7) is 0. The van der Waals surface area contributed by atoms with Crippen LogP contribution in [0, 0.1) is 22.7 Å². The quantitative estimate of drug-likeness (QED) is 0.270. The molecule has 0 aliphatic carbocycles. The Morgan fingerprint density at radius 1 is 0.471 bits per heavy atom. The van der Waals surface area contributed by atoms with Gasteiger partial charge in [-0.15, -0.1) is 0 Å². The topological polar surface area (TPSA) is 47.6 Å². The lowest BCUT2D eigenvalue weighted by Gasteiger charge is -2.04. The Morgan fingerprint density at radius 3 is 1.12 bits per heavy atom. The Labute approximate surface area is 209 Å². The van der Waals surface area contributed by atoms with Crippen LogP contribution in [-0.2, 0) is 0 Å². The van der Waals surface area contributed by atoms with Crippen molar-refractivity contribution in [1.82, 2.24) is 0 Å². The molecule has 0 bridgehead atoms. The SMILES string of the molecule is N#Cc1ccc(/C=C/c2ccc(-c3ccc(/C=C/c4ccc(C#N)c(Cl)c4)cc3)cc2)cc1Cl. The maximum absolute atomic E-state index is 8.98. The first kappa shape index (κ1) is 23.1. The van der Waals surface area contributed by atoms with Crippen molar-refractivity contribution in [1.29, 1.82) is 10.5 Å². The van der Waals surface area contributed by atoms with Gasteiger partial charge < -0.3 is 0 Å². The number of hydrogen-bond donors (Lipinski definition) is 0. The Hall–Kier alpha value is -4.08. The van der Waals surface area contributed by atoms with Gasteiger partial charge in [0.15, 0.2) is 0 Å². The largest absolute Gasteiger partial charge is 0.192 e. The molecule has 0 aromatic heterocycles. The van der Waals surface area contributed by atoms with Gasteiger partial charge in [0.2, 0.25) is 0 Å². The molecule has 4 rings (SSSR count). The van der Waals surface area contributed by atoms with Crippen molar-refractivity contribution in [2.24, 2.45) is 0 Å². The highest BCUT2D eigenvalue weighted by Crippen LogP contribution is 2.23. The zero-order valence-corrected chi connectivity index (χ0v) is 19.6. The van der Waals surface area contributed by atoms with E-state index in [1.165, 1.54) is 0 Å². The highest BCUT2D eigenvalue weighted by molar-refractivity contribution is 6.32. The molecule has 0 amide bonds. The van der Waals surface area contributed by atoms with Crippen LogP contribution in [-0.4, -0.2) is 0 Å². The van der Waals surface area contributed by atoms with Crippen LogP contribution in [0.3, 0.4) is 0 Å². The molecule has 4 aromatic carbocycles. The molecule has 0 aliphatic rings. The van der Waals surface area contributed by atoms with Crippen LogP contribution in [0.15, 0.2) is 84.9 Å². The fourth-order valence-corrected chi connectivity index (χ4v) is 3.87. The normalized spacial score (nSPS) is 10.9. The van der Waals surface area contributed by atoms with E-state index in [-0.39, 0.29) is 0 Å². The van der Waals surface area contributed by atoms with Crippen LogP contribution < -0.4 is 0 Å². The smallest absolute Gasteiger partial charge is 0.101 e. The number of nitriles is 2. The molecule has 162 valence electrons. The van der Waals surface area contributed by atoms with Gasteiger partial charge in [0.1, 0.15) is 12.1 Å². The molecule has 0 heterocycles. The van der Waals surface area contributed by atoms with Crippen molar-refractivity contribution < 1.29 is 0 Å². The second kappa shape index (κ2) is 10.7. The number of hydrogen-bond acceptors (Lipinski definition) is 2. The molecule has 0 atom stereocenters. The third-order valence-corrected chi connectivity index (χ3v) is 5.94. The maximum Gasteiger partial charge on any atom is 0.101 e. The van der Waals surface area contributed by atoms with E-state index < -0.39 is 0 Å². The average molecular weight is 477 g/mol. The minimum Gasteiger partial charge on any atom is -0.192 e. The highest BCUT2D eigenvalue weighted by Gasteiger charge is 2.01. The van der Waals surface area contributed by atoms with Crippen molar-refractivity contribution in [3.63, 3.8) is 0 Å². The standard InChI is InChI=1S/C30H18Cl2N2/c31-29-17-23(9-15-27(29)19-33)3-1-21-5-11-25(12-6-21)26-13-7-22(8-14-26)2-4-24-10-16-28(20-34)30(32)18-24/h1-18H/b3-1+,4-2+. The molecule has 4 aromatic rings. The summed E-state index contributed by atoms with van der Waals surface area (Å²) in [6.07, 6.45) is 7.99. The van der Waals surface area contributed by atoms with Crippen LogP contribution in [0.25, 0.3) is 35.4 Å². The van der Waals surface area contributed by atoms with E-state index in [9.17, 15) is 0 Å². The van der Waals surface area contributed by atoms with Gasteiger partial charge in [-0.05, 0) is 57.6 Å². The molecule has 0 spiro atoms. The van der Waals surface area contributed by atoms with Gasteiger partial charge in [-0.25, -0.2) is 0 Å². The Kier molecular flexibility index (Phi) is 7.26. The van der Waals surface area contributed by atoms with Crippen LogP contribution in [0.4, 0.5) is 0 Å². The van der Waals surface area contributed by atoms with Crippen molar-refractivity contribution in [3.8, 4) is 23.3 Å². The van der Waals surface area contributed by atoms with Gasteiger partial charge in [0.25, 0.3) is 0 Å². The number of halogens is 2. The summed E-state index contributed by atoms with van der Waals surface area (Å²) in [4.78, 5) is 0. The molecule has 0 fully saturated rings. The fraction of sp³-hybridized carbons (Fsp3) is 0. The lowest BCUT2D eigenvalue weighted by Crippen LogP contribution is -1.81. The van der Waals surface area contributed by atoms with Crippen molar-refractivity contribution in [2.75, 3.05) is 0 Å². The van der Waals surface area contributed by atoms with Crippen molar-refractivity contribution in [2.45, 2.75) is 0 Å². The average Bonchev–Trinajstić information content (AvgIpc) is 2.87.